The lowest BCUT2D eigenvalue weighted by Gasteiger charge is -2.20. The molecule has 21 heavy (non-hydrogen) atoms. The Labute approximate surface area is 128 Å². The van der Waals surface area contributed by atoms with E-state index in [0.717, 1.165) is 19.3 Å². The van der Waals surface area contributed by atoms with E-state index in [0.29, 0.717) is 16.5 Å². The SMILES string of the molecule is CSC1CCCC1NC(=O)Nc1ccccc1CC(=O)O. The maximum atomic E-state index is 12.1. The van der Waals surface area contributed by atoms with Crippen molar-refractivity contribution in [2.75, 3.05) is 11.6 Å². The topological polar surface area (TPSA) is 78.4 Å². The van der Waals surface area contributed by atoms with Crippen molar-refractivity contribution in [2.45, 2.75) is 37.0 Å². The van der Waals surface area contributed by atoms with Crippen molar-refractivity contribution in [3.63, 3.8) is 0 Å². The summed E-state index contributed by atoms with van der Waals surface area (Å²) in [5.74, 6) is -0.914. The van der Waals surface area contributed by atoms with Gasteiger partial charge < -0.3 is 15.7 Å². The summed E-state index contributed by atoms with van der Waals surface area (Å²) in [7, 11) is 0. The first-order valence-corrected chi connectivity index (χ1v) is 8.29. The minimum absolute atomic E-state index is 0.104. The Bertz CT molecular complexity index is 521. The fraction of sp³-hybridized carbons (Fsp3) is 0.467. The minimum atomic E-state index is -0.914. The molecule has 0 heterocycles. The number of para-hydroxylation sites is 1. The van der Waals surface area contributed by atoms with Crippen LogP contribution >= 0.6 is 11.8 Å². The van der Waals surface area contributed by atoms with Crippen LogP contribution in [-0.2, 0) is 11.2 Å². The third-order valence-electron chi connectivity index (χ3n) is 3.68. The van der Waals surface area contributed by atoms with Gasteiger partial charge in [-0.15, -0.1) is 0 Å². The van der Waals surface area contributed by atoms with E-state index in [1.54, 1.807) is 36.0 Å². The minimum Gasteiger partial charge on any atom is -0.481 e. The van der Waals surface area contributed by atoms with Crippen molar-refractivity contribution in [3.05, 3.63) is 29.8 Å². The summed E-state index contributed by atoms with van der Waals surface area (Å²) >= 11 is 1.78. The Balaban J connectivity index is 1.98. The number of aliphatic carboxylic acids is 1. The summed E-state index contributed by atoms with van der Waals surface area (Å²) in [4.78, 5) is 22.9. The number of nitrogens with one attached hydrogen (secondary N) is 2. The number of carboxylic acid groups (broad SMARTS) is 1. The maximum absolute atomic E-state index is 12.1. The van der Waals surface area contributed by atoms with E-state index in [9.17, 15) is 9.59 Å². The molecule has 1 saturated carbocycles. The Morgan fingerprint density at radius 3 is 2.81 bits per heavy atom. The number of carbonyl (C=O) groups is 2. The van der Waals surface area contributed by atoms with E-state index in [1.165, 1.54) is 0 Å². The van der Waals surface area contributed by atoms with Crippen molar-refractivity contribution in [1.82, 2.24) is 5.32 Å². The molecule has 2 rings (SSSR count). The van der Waals surface area contributed by atoms with Gasteiger partial charge in [-0.25, -0.2) is 4.79 Å². The van der Waals surface area contributed by atoms with Gasteiger partial charge in [-0.2, -0.15) is 11.8 Å². The molecule has 0 aromatic heterocycles. The van der Waals surface area contributed by atoms with Crippen LogP contribution in [0, 0.1) is 0 Å². The summed E-state index contributed by atoms with van der Waals surface area (Å²) in [6, 6.07) is 6.90. The third kappa shape index (κ3) is 4.39. The van der Waals surface area contributed by atoms with E-state index in [4.69, 9.17) is 5.11 Å². The van der Waals surface area contributed by atoms with Crippen molar-refractivity contribution in [1.29, 1.82) is 0 Å². The first kappa shape index (κ1) is 15.7. The smallest absolute Gasteiger partial charge is 0.319 e. The van der Waals surface area contributed by atoms with E-state index in [2.05, 4.69) is 16.9 Å². The molecule has 2 amide bonds. The molecule has 6 heteroatoms. The molecule has 2 atom stereocenters. The highest BCUT2D eigenvalue weighted by molar-refractivity contribution is 7.99. The van der Waals surface area contributed by atoms with Crippen LogP contribution in [0.1, 0.15) is 24.8 Å². The molecule has 114 valence electrons. The highest BCUT2D eigenvalue weighted by atomic mass is 32.2. The lowest BCUT2D eigenvalue weighted by atomic mass is 10.1. The zero-order chi connectivity index (χ0) is 15.2. The molecule has 0 spiro atoms. The van der Waals surface area contributed by atoms with Crippen LogP contribution in [0.4, 0.5) is 10.5 Å². The normalized spacial score (nSPS) is 21.0. The lowest BCUT2D eigenvalue weighted by Crippen LogP contribution is -2.41. The van der Waals surface area contributed by atoms with Gasteiger partial charge in [-0.1, -0.05) is 24.6 Å². The van der Waals surface area contributed by atoms with Gasteiger partial charge in [0.15, 0.2) is 0 Å². The number of anilines is 1. The molecule has 0 aliphatic heterocycles. The largest absolute Gasteiger partial charge is 0.481 e. The molecule has 0 bridgehead atoms. The molecule has 3 N–H and O–H groups in total. The first-order valence-electron chi connectivity index (χ1n) is 7.00. The maximum Gasteiger partial charge on any atom is 0.319 e. The van der Waals surface area contributed by atoms with E-state index in [-0.39, 0.29) is 18.5 Å². The predicted octanol–water partition coefficient (Wildman–Crippen LogP) is 2.72. The zero-order valence-electron chi connectivity index (χ0n) is 12.0. The summed E-state index contributed by atoms with van der Waals surface area (Å²) in [6.45, 7) is 0. The molecular formula is C15H20N2O3S. The van der Waals surface area contributed by atoms with Crippen molar-refractivity contribution < 1.29 is 14.7 Å². The summed E-state index contributed by atoms with van der Waals surface area (Å²) in [6.07, 6.45) is 5.21. The molecule has 1 fully saturated rings. The number of hydrogen-bond donors (Lipinski definition) is 3. The average Bonchev–Trinajstić information content (AvgIpc) is 2.87. The molecular weight excluding hydrogens is 288 g/mol. The number of benzene rings is 1. The second-order valence-corrected chi connectivity index (χ2v) is 6.21. The standard InChI is InChI=1S/C15H20N2O3S/c1-21-13-8-4-7-12(13)17-15(20)16-11-6-3-2-5-10(11)9-14(18)19/h2-3,5-6,12-13H,4,7-9H2,1H3,(H,18,19)(H2,16,17,20). The number of amides is 2. The fourth-order valence-electron chi connectivity index (χ4n) is 2.66. The van der Waals surface area contributed by atoms with Crippen LogP contribution in [0.5, 0.6) is 0 Å². The van der Waals surface area contributed by atoms with Gasteiger partial charge in [-0.05, 0) is 30.7 Å². The molecule has 5 nitrogen and oxygen atoms in total. The number of thioether (sulfide) groups is 1. The van der Waals surface area contributed by atoms with E-state index < -0.39 is 5.97 Å². The molecule has 1 aromatic rings. The van der Waals surface area contributed by atoms with Gasteiger partial charge in [0.05, 0.1) is 6.42 Å². The second kappa shape index (κ2) is 7.36. The average molecular weight is 308 g/mol. The lowest BCUT2D eigenvalue weighted by molar-refractivity contribution is -0.136. The van der Waals surface area contributed by atoms with E-state index >= 15 is 0 Å². The highest BCUT2D eigenvalue weighted by Gasteiger charge is 2.27. The number of carboxylic acids is 1. The van der Waals surface area contributed by atoms with Crippen molar-refractivity contribution >= 4 is 29.4 Å². The number of rotatable bonds is 5. The number of carbonyl (C=O) groups excluding carboxylic acids is 1. The molecule has 0 saturated heterocycles. The molecule has 1 aliphatic carbocycles. The molecule has 2 unspecified atom stereocenters. The van der Waals surface area contributed by atoms with Gasteiger partial charge in [0.1, 0.15) is 0 Å². The Kier molecular flexibility index (Phi) is 5.50. The van der Waals surface area contributed by atoms with Crippen molar-refractivity contribution in [3.8, 4) is 0 Å². The van der Waals surface area contributed by atoms with Crippen LogP contribution in [-0.4, -0.2) is 34.7 Å². The van der Waals surface area contributed by atoms with E-state index in [1.807, 2.05) is 0 Å². The second-order valence-electron chi connectivity index (χ2n) is 5.14. The first-order chi connectivity index (χ1) is 10.1. The van der Waals surface area contributed by atoms with Gasteiger partial charge in [-0.3, -0.25) is 4.79 Å². The quantitative estimate of drug-likeness (QED) is 0.781. The summed E-state index contributed by atoms with van der Waals surface area (Å²) in [5.41, 5.74) is 1.16. The third-order valence-corrected chi connectivity index (χ3v) is 4.85. The van der Waals surface area contributed by atoms with Crippen LogP contribution < -0.4 is 10.6 Å². The predicted molar refractivity (Wildman–Crippen MR) is 84.9 cm³/mol. The van der Waals surface area contributed by atoms with Crippen molar-refractivity contribution in [2.24, 2.45) is 0 Å². The highest BCUT2D eigenvalue weighted by Crippen LogP contribution is 2.28. The zero-order valence-corrected chi connectivity index (χ0v) is 12.8. The van der Waals surface area contributed by atoms with Gasteiger partial charge in [0.25, 0.3) is 0 Å². The number of hydrogen-bond acceptors (Lipinski definition) is 3. The summed E-state index contributed by atoms with van der Waals surface area (Å²) < 4.78 is 0. The summed E-state index contributed by atoms with van der Waals surface area (Å²) in [5, 5.41) is 15.1. The van der Waals surface area contributed by atoms with Crippen LogP contribution in [0.2, 0.25) is 0 Å². The fourth-order valence-corrected chi connectivity index (χ4v) is 3.59. The Morgan fingerprint density at radius 2 is 2.10 bits per heavy atom. The Hall–Kier alpha value is -1.69. The van der Waals surface area contributed by atoms with Crippen LogP contribution in [0.3, 0.4) is 0 Å². The molecule has 1 aromatic carbocycles. The van der Waals surface area contributed by atoms with Gasteiger partial charge in [0.2, 0.25) is 0 Å². The number of urea groups is 1. The van der Waals surface area contributed by atoms with Crippen LogP contribution in [0.25, 0.3) is 0 Å². The van der Waals surface area contributed by atoms with Crippen LogP contribution in [0.15, 0.2) is 24.3 Å². The van der Waals surface area contributed by atoms with Gasteiger partial charge in [0, 0.05) is 17.0 Å². The Morgan fingerprint density at radius 1 is 1.33 bits per heavy atom. The van der Waals surface area contributed by atoms with Gasteiger partial charge >= 0.3 is 12.0 Å². The monoisotopic (exact) mass is 308 g/mol. The molecule has 1 aliphatic rings. The molecule has 0 radical (unpaired) electrons.